The van der Waals surface area contributed by atoms with Gasteiger partial charge in [0.25, 0.3) is 0 Å². The molecule has 1 aliphatic heterocycles. The van der Waals surface area contributed by atoms with Crippen molar-refractivity contribution in [1.29, 1.82) is 5.26 Å². The number of ether oxygens (including phenoxy) is 1. The highest BCUT2D eigenvalue weighted by molar-refractivity contribution is 5.44. The molecule has 0 spiro atoms. The van der Waals surface area contributed by atoms with Crippen LogP contribution in [-0.2, 0) is 9.53 Å². The lowest BCUT2D eigenvalue weighted by Crippen LogP contribution is -2.56. The Bertz CT molecular complexity index is 435. The zero-order chi connectivity index (χ0) is 15.1. The molecule has 110 valence electrons. The van der Waals surface area contributed by atoms with Crippen molar-refractivity contribution in [3.63, 3.8) is 0 Å². The number of nitrogens with zero attached hydrogens (tertiary/aromatic N) is 1. The first kappa shape index (κ1) is 16.1. The number of nitrogens with one attached hydrogen (secondary N) is 2. The maximum Gasteiger partial charge on any atom is 0.177 e. The van der Waals surface area contributed by atoms with E-state index < -0.39 is 0 Å². The molecular formula is C15H23N3O2. The second-order valence-corrected chi connectivity index (χ2v) is 5.34. The van der Waals surface area contributed by atoms with Gasteiger partial charge in [0.15, 0.2) is 6.19 Å². The smallest absolute Gasteiger partial charge is 0.177 e. The Hall–Kier alpha value is -1.92. The third kappa shape index (κ3) is 3.79. The molecule has 0 saturated heterocycles. The molecule has 4 unspecified atom stereocenters. The highest BCUT2D eigenvalue weighted by Crippen LogP contribution is 2.29. The number of rotatable bonds is 6. The molecule has 1 rings (SSSR count). The minimum Gasteiger partial charge on any atom is -0.493 e. The van der Waals surface area contributed by atoms with Crippen molar-refractivity contribution >= 4 is 5.94 Å². The summed E-state index contributed by atoms with van der Waals surface area (Å²) < 4.78 is 5.96. The molecule has 5 nitrogen and oxygen atoms in total. The van der Waals surface area contributed by atoms with Gasteiger partial charge in [-0.15, -0.1) is 0 Å². The van der Waals surface area contributed by atoms with Crippen LogP contribution in [0.2, 0.25) is 0 Å². The first-order valence-electron chi connectivity index (χ1n) is 7.00. The molecule has 2 N–H and O–H groups in total. The molecule has 1 aliphatic rings. The van der Waals surface area contributed by atoms with Gasteiger partial charge in [-0.1, -0.05) is 27.2 Å². The van der Waals surface area contributed by atoms with E-state index >= 15 is 0 Å². The fourth-order valence-electron chi connectivity index (χ4n) is 2.55. The SMILES string of the molecule is CCC(C)C(C)[C@@H]1OC(C)=CC(NC#N)C1NC=C=O. The minimum absolute atomic E-state index is 0.106. The van der Waals surface area contributed by atoms with Gasteiger partial charge in [-0.05, 0) is 24.8 Å². The van der Waals surface area contributed by atoms with Crippen molar-refractivity contribution in [2.45, 2.75) is 52.3 Å². The van der Waals surface area contributed by atoms with Crippen molar-refractivity contribution < 1.29 is 9.53 Å². The van der Waals surface area contributed by atoms with Crippen molar-refractivity contribution in [3.8, 4) is 6.19 Å². The Morgan fingerprint density at radius 3 is 2.80 bits per heavy atom. The molecule has 0 amide bonds. The average molecular weight is 277 g/mol. The van der Waals surface area contributed by atoms with Gasteiger partial charge in [0.1, 0.15) is 12.0 Å². The maximum absolute atomic E-state index is 10.5. The number of nitriles is 1. The first-order valence-corrected chi connectivity index (χ1v) is 7.00. The van der Waals surface area contributed by atoms with Gasteiger partial charge < -0.3 is 15.4 Å². The summed E-state index contributed by atoms with van der Waals surface area (Å²) in [5.41, 5.74) is 0. The van der Waals surface area contributed by atoms with Gasteiger partial charge in [0, 0.05) is 0 Å². The van der Waals surface area contributed by atoms with Gasteiger partial charge >= 0.3 is 0 Å². The van der Waals surface area contributed by atoms with Crippen LogP contribution in [0.4, 0.5) is 0 Å². The normalized spacial score (nSPS) is 27.9. The number of allylic oxidation sites excluding steroid dienone is 1. The van der Waals surface area contributed by atoms with Crippen LogP contribution in [-0.4, -0.2) is 24.1 Å². The third-order valence-electron chi connectivity index (χ3n) is 4.10. The van der Waals surface area contributed by atoms with E-state index in [-0.39, 0.29) is 18.2 Å². The summed E-state index contributed by atoms with van der Waals surface area (Å²) in [5, 5.41) is 14.6. The van der Waals surface area contributed by atoms with E-state index in [0.717, 1.165) is 12.2 Å². The lowest BCUT2D eigenvalue weighted by molar-refractivity contribution is 0.00447. The first-order chi connectivity index (χ1) is 9.54. The number of hydrogen-bond acceptors (Lipinski definition) is 5. The van der Waals surface area contributed by atoms with E-state index in [1.807, 2.05) is 19.2 Å². The van der Waals surface area contributed by atoms with E-state index in [1.165, 1.54) is 6.20 Å². The Labute approximate surface area is 120 Å². The molecule has 0 fully saturated rings. The van der Waals surface area contributed by atoms with Crippen LogP contribution in [0.25, 0.3) is 0 Å². The fourth-order valence-corrected chi connectivity index (χ4v) is 2.55. The maximum atomic E-state index is 10.5. The van der Waals surface area contributed by atoms with Gasteiger partial charge in [0.2, 0.25) is 0 Å². The van der Waals surface area contributed by atoms with Gasteiger partial charge in [0.05, 0.1) is 24.0 Å². The Morgan fingerprint density at radius 2 is 2.25 bits per heavy atom. The highest BCUT2D eigenvalue weighted by Gasteiger charge is 2.38. The minimum atomic E-state index is -0.199. The predicted molar refractivity (Wildman–Crippen MR) is 77.0 cm³/mol. The Morgan fingerprint density at radius 1 is 1.55 bits per heavy atom. The second-order valence-electron chi connectivity index (χ2n) is 5.34. The van der Waals surface area contributed by atoms with Crippen LogP contribution in [0.15, 0.2) is 18.0 Å². The molecule has 0 aromatic carbocycles. The second kappa shape index (κ2) is 7.62. The van der Waals surface area contributed by atoms with E-state index in [1.54, 1.807) is 5.94 Å². The summed E-state index contributed by atoms with van der Waals surface area (Å²) in [5.74, 6) is 3.30. The summed E-state index contributed by atoms with van der Waals surface area (Å²) >= 11 is 0. The van der Waals surface area contributed by atoms with E-state index in [4.69, 9.17) is 10.00 Å². The van der Waals surface area contributed by atoms with E-state index in [0.29, 0.717) is 11.8 Å². The Kier molecular flexibility index (Phi) is 6.14. The zero-order valence-electron chi connectivity index (χ0n) is 12.5. The molecule has 5 atom stereocenters. The predicted octanol–water partition coefficient (Wildman–Crippen LogP) is 1.71. The number of hydrogen-bond donors (Lipinski definition) is 2. The topological polar surface area (TPSA) is 74.2 Å². The van der Waals surface area contributed by atoms with Crippen LogP contribution < -0.4 is 10.6 Å². The summed E-state index contributed by atoms with van der Waals surface area (Å²) in [6, 6.07) is -0.376. The highest BCUT2D eigenvalue weighted by atomic mass is 16.5. The standard InChI is InChI=1S/C15H23N3O2/c1-5-10(2)12(4)15-14(17-6-7-19)13(18-9-16)8-11(3)20-15/h6,8,10,12-15,17-18H,5H2,1-4H3/t10?,12?,13?,14?,15-/m0/s1. The quantitative estimate of drug-likeness (QED) is 0.439. The molecule has 0 aromatic rings. The molecule has 20 heavy (non-hydrogen) atoms. The van der Waals surface area contributed by atoms with Crippen molar-refractivity contribution in [2.75, 3.05) is 0 Å². The Balaban J connectivity index is 3.02. The van der Waals surface area contributed by atoms with Crippen LogP contribution in [0.1, 0.15) is 34.1 Å². The fraction of sp³-hybridized carbons (Fsp3) is 0.667. The van der Waals surface area contributed by atoms with Crippen LogP contribution in [0.5, 0.6) is 0 Å². The summed E-state index contributed by atoms with van der Waals surface area (Å²) in [6.45, 7) is 8.35. The molecule has 0 bridgehead atoms. The van der Waals surface area contributed by atoms with Gasteiger partial charge in [-0.2, -0.15) is 5.26 Å². The van der Waals surface area contributed by atoms with E-state index in [9.17, 15) is 4.79 Å². The molecule has 5 heteroatoms. The summed E-state index contributed by atoms with van der Waals surface area (Å²) in [7, 11) is 0. The van der Waals surface area contributed by atoms with Crippen molar-refractivity contribution in [3.05, 3.63) is 18.0 Å². The number of carbonyl (C=O) groups excluding carboxylic acids is 1. The third-order valence-corrected chi connectivity index (χ3v) is 4.10. The van der Waals surface area contributed by atoms with Crippen LogP contribution >= 0.6 is 0 Å². The van der Waals surface area contributed by atoms with Crippen molar-refractivity contribution in [2.24, 2.45) is 11.8 Å². The molecule has 0 saturated carbocycles. The molecule has 0 aromatic heterocycles. The van der Waals surface area contributed by atoms with Crippen LogP contribution in [0.3, 0.4) is 0 Å². The largest absolute Gasteiger partial charge is 0.493 e. The zero-order valence-corrected chi connectivity index (χ0v) is 12.5. The monoisotopic (exact) mass is 277 g/mol. The van der Waals surface area contributed by atoms with Gasteiger partial charge in [-0.25, -0.2) is 4.79 Å². The summed E-state index contributed by atoms with van der Waals surface area (Å²) in [4.78, 5) is 10.5. The molecule has 0 aliphatic carbocycles. The lowest BCUT2D eigenvalue weighted by Gasteiger charge is -2.41. The average Bonchev–Trinajstić information content (AvgIpc) is 2.44. The van der Waals surface area contributed by atoms with E-state index in [2.05, 4.69) is 31.4 Å². The molecular weight excluding hydrogens is 254 g/mol. The summed E-state index contributed by atoms with van der Waals surface area (Å²) in [6.07, 6.45) is 6.01. The molecule has 1 heterocycles. The lowest BCUT2D eigenvalue weighted by atomic mass is 9.82. The molecule has 0 radical (unpaired) electrons. The van der Waals surface area contributed by atoms with Crippen LogP contribution in [0, 0.1) is 23.3 Å². The van der Waals surface area contributed by atoms with Gasteiger partial charge in [-0.3, -0.25) is 0 Å². The van der Waals surface area contributed by atoms with Crippen molar-refractivity contribution in [1.82, 2.24) is 10.6 Å².